The second-order valence-electron chi connectivity index (χ2n) is 3.60. The van der Waals surface area contributed by atoms with Crippen molar-refractivity contribution in [2.45, 2.75) is 5.78 Å². The van der Waals surface area contributed by atoms with Crippen LogP contribution in [0.2, 0.25) is 0 Å². The van der Waals surface area contributed by atoms with E-state index >= 15 is 0 Å². The highest BCUT2D eigenvalue weighted by Crippen LogP contribution is 2.44. The van der Waals surface area contributed by atoms with Gasteiger partial charge in [-0.15, -0.1) is 6.58 Å². The van der Waals surface area contributed by atoms with Gasteiger partial charge in [-0.05, 0) is 12.1 Å². The lowest BCUT2D eigenvalue weighted by Crippen LogP contribution is -2.38. The second-order valence-corrected chi connectivity index (χ2v) is 5.30. The lowest BCUT2D eigenvalue weighted by Gasteiger charge is -2.30. The predicted molar refractivity (Wildman–Crippen MR) is 67.5 cm³/mol. The van der Waals surface area contributed by atoms with E-state index in [1.165, 1.54) is 0 Å². The van der Waals surface area contributed by atoms with E-state index in [0.29, 0.717) is 5.69 Å². The van der Waals surface area contributed by atoms with E-state index in [0.717, 1.165) is 11.0 Å². The zero-order valence-electron chi connectivity index (χ0n) is 9.51. The molecule has 0 aromatic heterocycles. The quantitative estimate of drug-likeness (QED) is 0.532. The van der Waals surface area contributed by atoms with Crippen molar-refractivity contribution in [2.24, 2.45) is 0 Å². The first kappa shape index (κ1) is 14.4. The average molecular weight is 271 g/mol. The summed E-state index contributed by atoms with van der Waals surface area (Å²) in [7, 11) is -4.51. The third-order valence-electron chi connectivity index (χ3n) is 2.27. The maximum atomic E-state index is 11.3. The molecule has 18 heavy (non-hydrogen) atoms. The van der Waals surface area contributed by atoms with Crippen LogP contribution in [-0.2, 0) is 9.36 Å². The zero-order valence-corrected chi connectivity index (χ0v) is 10.4. The van der Waals surface area contributed by atoms with Crippen LogP contribution in [0.25, 0.3) is 0 Å². The van der Waals surface area contributed by atoms with E-state index in [-0.39, 0.29) is 0 Å². The number of carbonyl (C=O) groups is 1. The molecule has 7 heteroatoms. The smallest absolute Gasteiger partial charge is 0.351 e. The Morgan fingerprint density at radius 3 is 2.33 bits per heavy atom. The summed E-state index contributed by atoms with van der Waals surface area (Å²) in [5.74, 6) is -2.55. The molecule has 0 aliphatic carbocycles. The molecule has 1 unspecified atom stereocenters. The van der Waals surface area contributed by atoms with Crippen molar-refractivity contribution in [2.75, 3.05) is 11.4 Å². The van der Waals surface area contributed by atoms with Gasteiger partial charge in [0, 0.05) is 5.69 Å². The zero-order chi connectivity index (χ0) is 13.8. The van der Waals surface area contributed by atoms with Crippen molar-refractivity contribution in [3.05, 3.63) is 43.0 Å². The highest BCUT2D eigenvalue weighted by atomic mass is 31.2. The molecule has 0 radical (unpaired) electrons. The Hall–Kier alpha value is -1.62. The highest BCUT2D eigenvalue weighted by Gasteiger charge is 2.33. The number of aliphatic carboxylic acids is 1. The first-order valence-electron chi connectivity index (χ1n) is 5.07. The van der Waals surface area contributed by atoms with Crippen molar-refractivity contribution in [1.29, 1.82) is 0 Å². The van der Waals surface area contributed by atoms with Crippen LogP contribution in [0.15, 0.2) is 43.0 Å². The van der Waals surface area contributed by atoms with Crippen molar-refractivity contribution in [1.82, 2.24) is 0 Å². The fraction of sp³-hybridized carbons (Fsp3) is 0.182. The average Bonchev–Trinajstić information content (AvgIpc) is 2.27. The van der Waals surface area contributed by atoms with Gasteiger partial charge in [-0.1, -0.05) is 24.3 Å². The summed E-state index contributed by atoms with van der Waals surface area (Å²) in [6.45, 7) is 2.83. The molecular weight excluding hydrogens is 257 g/mol. The van der Waals surface area contributed by atoms with E-state index in [4.69, 9.17) is 5.11 Å². The molecule has 0 saturated heterocycles. The van der Waals surface area contributed by atoms with Gasteiger partial charge < -0.3 is 19.8 Å². The summed E-state index contributed by atoms with van der Waals surface area (Å²) >= 11 is 0. The van der Waals surface area contributed by atoms with Gasteiger partial charge in [-0.2, -0.15) is 0 Å². The molecule has 1 atom stereocenters. The van der Waals surface area contributed by atoms with Crippen LogP contribution in [0.4, 0.5) is 5.69 Å². The normalized spacial score (nSPS) is 12.8. The van der Waals surface area contributed by atoms with Crippen molar-refractivity contribution in [3.63, 3.8) is 0 Å². The lowest BCUT2D eigenvalue weighted by atomic mass is 10.3. The second kappa shape index (κ2) is 5.82. The Kier molecular flexibility index (Phi) is 4.67. The van der Waals surface area contributed by atoms with Crippen molar-refractivity contribution < 1.29 is 24.3 Å². The molecule has 0 spiro atoms. The Bertz CT molecular complexity index is 470. The fourth-order valence-corrected chi connectivity index (χ4v) is 2.40. The standard InChI is InChI=1S/C11H14NO5P/c1-2-10(18(15,16)17)12(8-11(13)14)9-6-4-3-5-7-9/h2-7,10H,1,8H2,(H,13,14)(H2,15,16,17). The van der Waals surface area contributed by atoms with Crippen molar-refractivity contribution >= 4 is 19.3 Å². The largest absolute Gasteiger partial charge is 0.480 e. The Morgan fingerprint density at radius 2 is 1.94 bits per heavy atom. The van der Waals surface area contributed by atoms with E-state index in [1.807, 2.05) is 0 Å². The SMILES string of the molecule is C=CC(N(CC(=O)O)c1ccccc1)P(=O)(O)O. The molecule has 98 valence electrons. The Morgan fingerprint density at radius 1 is 1.39 bits per heavy atom. The van der Waals surface area contributed by atoms with Gasteiger partial charge in [0.2, 0.25) is 0 Å². The molecule has 0 saturated carbocycles. The van der Waals surface area contributed by atoms with Crippen LogP contribution in [-0.4, -0.2) is 33.2 Å². The van der Waals surface area contributed by atoms with Gasteiger partial charge in [0.05, 0.1) is 0 Å². The molecular formula is C11H14NO5P. The third-order valence-corrected chi connectivity index (χ3v) is 3.45. The van der Waals surface area contributed by atoms with E-state index in [9.17, 15) is 19.1 Å². The summed E-state index contributed by atoms with van der Waals surface area (Å²) < 4.78 is 11.3. The molecule has 1 rings (SSSR count). The number of rotatable bonds is 6. The van der Waals surface area contributed by atoms with Crippen molar-refractivity contribution in [3.8, 4) is 0 Å². The van der Waals surface area contributed by atoms with E-state index in [1.54, 1.807) is 30.3 Å². The summed E-state index contributed by atoms with van der Waals surface area (Å²) in [6, 6.07) is 8.20. The minimum Gasteiger partial charge on any atom is -0.480 e. The van der Waals surface area contributed by atoms with E-state index < -0.39 is 25.9 Å². The molecule has 3 N–H and O–H groups in total. The predicted octanol–water partition coefficient (Wildman–Crippen LogP) is 1.27. The minimum atomic E-state index is -4.51. The first-order chi connectivity index (χ1) is 8.36. The van der Waals surface area contributed by atoms with Crippen LogP contribution < -0.4 is 4.90 Å². The van der Waals surface area contributed by atoms with Gasteiger partial charge in [0.1, 0.15) is 12.3 Å². The number of benzene rings is 1. The fourth-order valence-electron chi connectivity index (χ4n) is 1.55. The van der Waals surface area contributed by atoms with Gasteiger partial charge in [-0.3, -0.25) is 9.36 Å². The maximum absolute atomic E-state index is 11.3. The monoisotopic (exact) mass is 271 g/mol. The third kappa shape index (κ3) is 3.70. The topological polar surface area (TPSA) is 98.1 Å². The Balaban J connectivity index is 3.16. The first-order valence-corrected chi connectivity index (χ1v) is 6.75. The van der Waals surface area contributed by atoms with Gasteiger partial charge in [0.15, 0.2) is 0 Å². The molecule has 0 aliphatic heterocycles. The molecule has 6 nitrogen and oxygen atoms in total. The number of carboxylic acids is 1. The summed E-state index contributed by atoms with van der Waals surface area (Å²) in [5, 5.41) is 8.83. The number of carboxylic acid groups (broad SMARTS) is 1. The van der Waals surface area contributed by atoms with Crippen LogP contribution in [0.5, 0.6) is 0 Å². The van der Waals surface area contributed by atoms with Gasteiger partial charge in [0.25, 0.3) is 0 Å². The van der Waals surface area contributed by atoms with Crippen LogP contribution in [0.1, 0.15) is 0 Å². The molecule has 0 heterocycles. The summed E-state index contributed by atoms with van der Waals surface area (Å²) in [6.07, 6.45) is 1.05. The molecule has 1 aromatic rings. The van der Waals surface area contributed by atoms with Gasteiger partial charge >= 0.3 is 13.6 Å². The number of nitrogens with zero attached hydrogens (tertiary/aromatic N) is 1. The van der Waals surface area contributed by atoms with Crippen LogP contribution in [0, 0.1) is 0 Å². The Labute approximate surface area is 104 Å². The molecule has 1 aromatic carbocycles. The summed E-state index contributed by atoms with van der Waals surface area (Å²) in [4.78, 5) is 30.4. The minimum absolute atomic E-state index is 0.410. The van der Waals surface area contributed by atoms with E-state index in [2.05, 4.69) is 6.58 Å². The number of anilines is 1. The highest BCUT2D eigenvalue weighted by molar-refractivity contribution is 7.53. The number of hydrogen-bond donors (Lipinski definition) is 3. The maximum Gasteiger partial charge on any atom is 0.351 e. The number of para-hydroxylation sites is 1. The summed E-state index contributed by atoms with van der Waals surface area (Å²) in [5.41, 5.74) is 0.410. The van der Waals surface area contributed by atoms with Crippen LogP contribution in [0.3, 0.4) is 0 Å². The van der Waals surface area contributed by atoms with Crippen LogP contribution >= 0.6 is 7.60 Å². The molecule has 0 aliphatic rings. The number of hydrogen-bond acceptors (Lipinski definition) is 3. The van der Waals surface area contributed by atoms with Gasteiger partial charge in [-0.25, -0.2) is 0 Å². The molecule has 0 amide bonds. The molecule has 0 bridgehead atoms. The lowest BCUT2D eigenvalue weighted by molar-refractivity contribution is -0.135. The molecule has 0 fully saturated rings.